The van der Waals surface area contributed by atoms with Crippen LogP contribution in [-0.4, -0.2) is 40.1 Å². The molecule has 1 aromatic carbocycles. The molecule has 142 valence electrons. The van der Waals surface area contributed by atoms with E-state index in [9.17, 15) is 0 Å². The summed E-state index contributed by atoms with van der Waals surface area (Å²) < 4.78 is 2.26. The molecule has 26 heavy (non-hydrogen) atoms. The van der Waals surface area contributed by atoms with E-state index in [-0.39, 0.29) is 24.0 Å². The molecule has 0 saturated heterocycles. The Morgan fingerprint density at radius 2 is 2.00 bits per heavy atom. The summed E-state index contributed by atoms with van der Waals surface area (Å²) in [5, 5.41) is 15.4. The highest BCUT2D eigenvalue weighted by molar-refractivity contribution is 14.0. The highest BCUT2D eigenvalue weighted by atomic mass is 127. The first-order valence-electron chi connectivity index (χ1n) is 8.90. The summed E-state index contributed by atoms with van der Waals surface area (Å²) in [6, 6.07) is 10.4. The molecule has 0 atom stereocenters. The molecule has 0 radical (unpaired) electrons. The molecule has 1 aliphatic rings. The number of aryl methyl sites for hydroxylation is 1. The van der Waals surface area contributed by atoms with E-state index in [0.717, 1.165) is 42.9 Å². The second-order valence-corrected chi connectivity index (χ2v) is 7.18. The first-order chi connectivity index (χ1) is 12.4. The van der Waals surface area contributed by atoms with Crippen molar-refractivity contribution in [1.29, 1.82) is 0 Å². The number of nitrogens with one attached hydrogen (secondary N) is 2. The van der Waals surface area contributed by atoms with Crippen molar-refractivity contribution in [2.75, 3.05) is 19.3 Å². The molecular weight excluding hydrogens is 459 g/mol. The molecule has 3 rings (SSSR count). The summed E-state index contributed by atoms with van der Waals surface area (Å²) in [4.78, 5) is 5.58. The van der Waals surface area contributed by atoms with Gasteiger partial charge in [0.05, 0.1) is 6.54 Å². The maximum absolute atomic E-state index is 4.35. The van der Waals surface area contributed by atoms with Gasteiger partial charge in [-0.25, -0.2) is 0 Å². The maximum atomic E-state index is 4.35. The monoisotopic (exact) mass is 486 g/mol. The van der Waals surface area contributed by atoms with Crippen LogP contribution in [0.15, 0.2) is 40.2 Å². The number of benzene rings is 1. The Balaban J connectivity index is 0.00000243. The largest absolute Gasteiger partial charge is 0.356 e. The molecule has 1 aliphatic heterocycles. The van der Waals surface area contributed by atoms with Crippen LogP contribution < -0.4 is 10.6 Å². The smallest absolute Gasteiger partial charge is 0.191 e. The summed E-state index contributed by atoms with van der Waals surface area (Å²) in [5.74, 6) is 3.92. The van der Waals surface area contributed by atoms with Crippen LogP contribution in [0.4, 0.5) is 0 Å². The lowest BCUT2D eigenvalue weighted by atomic mass is 10.2. The summed E-state index contributed by atoms with van der Waals surface area (Å²) in [6.45, 7) is 2.54. The minimum atomic E-state index is 0. The van der Waals surface area contributed by atoms with Crippen LogP contribution in [0.3, 0.4) is 0 Å². The average Bonchev–Trinajstić information content (AvgIpc) is 2.88. The predicted octanol–water partition coefficient (Wildman–Crippen LogP) is 3.08. The first kappa shape index (κ1) is 21.0. The molecule has 2 heterocycles. The van der Waals surface area contributed by atoms with E-state index in [2.05, 4.69) is 54.7 Å². The van der Waals surface area contributed by atoms with Crippen LogP contribution in [0.1, 0.15) is 30.9 Å². The van der Waals surface area contributed by atoms with Crippen molar-refractivity contribution in [3.05, 3.63) is 42.0 Å². The van der Waals surface area contributed by atoms with Gasteiger partial charge in [0.2, 0.25) is 0 Å². The minimum Gasteiger partial charge on any atom is -0.356 e. The fourth-order valence-corrected chi connectivity index (χ4v) is 3.70. The average molecular weight is 486 g/mol. The van der Waals surface area contributed by atoms with Gasteiger partial charge >= 0.3 is 0 Å². The number of guanidine groups is 1. The molecule has 8 heteroatoms. The molecule has 0 bridgehead atoms. The molecule has 0 spiro atoms. The van der Waals surface area contributed by atoms with Gasteiger partial charge in [-0.05, 0) is 25.0 Å². The van der Waals surface area contributed by atoms with Gasteiger partial charge in [-0.15, -0.1) is 45.9 Å². The third-order valence-corrected chi connectivity index (χ3v) is 5.24. The SMILES string of the molecule is CN=C(NCCSc1ccccc1)NCc1nnc2n1CCCCC2.I. The number of aliphatic imine (C=N–C) groups is 1. The summed E-state index contributed by atoms with van der Waals surface area (Å²) in [6.07, 6.45) is 4.74. The standard InChI is InChI=1S/C18H26N6S.HI/c1-19-18(20-11-13-25-15-8-4-2-5-9-15)21-14-17-23-22-16-10-6-3-7-12-24(16)17;/h2,4-5,8-9H,3,6-7,10-14H2,1H3,(H2,19,20,21);1H. The van der Waals surface area contributed by atoms with Gasteiger partial charge in [0, 0.05) is 37.2 Å². The summed E-state index contributed by atoms with van der Waals surface area (Å²) >= 11 is 1.84. The number of halogens is 1. The van der Waals surface area contributed by atoms with E-state index >= 15 is 0 Å². The Morgan fingerprint density at radius 1 is 1.15 bits per heavy atom. The first-order valence-corrected chi connectivity index (χ1v) is 9.88. The molecule has 6 nitrogen and oxygen atoms in total. The second kappa shape index (κ2) is 11.4. The number of fused-ring (bicyclic) bond motifs is 1. The zero-order chi connectivity index (χ0) is 17.3. The van der Waals surface area contributed by atoms with E-state index in [4.69, 9.17) is 0 Å². The summed E-state index contributed by atoms with van der Waals surface area (Å²) in [7, 11) is 1.80. The topological polar surface area (TPSA) is 67.1 Å². The van der Waals surface area contributed by atoms with Crippen molar-refractivity contribution in [1.82, 2.24) is 25.4 Å². The summed E-state index contributed by atoms with van der Waals surface area (Å²) in [5.41, 5.74) is 0. The number of hydrogen-bond donors (Lipinski definition) is 2. The quantitative estimate of drug-likeness (QED) is 0.216. The third-order valence-electron chi connectivity index (χ3n) is 4.23. The van der Waals surface area contributed by atoms with Gasteiger partial charge in [-0.2, -0.15) is 0 Å². The van der Waals surface area contributed by atoms with Crippen LogP contribution in [0, 0.1) is 0 Å². The van der Waals surface area contributed by atoms with E-state index in [1.54, 1.807) is 7.05 Å². The van der Waals surface area contributed by atoms with E-state index in [0.29, 0.717) is 6.54 Å². The lowest BCUT2D eigenvalue weighted by Gasteiger charge is -2.12. The van der Waals surface area contributed by atoms with E-state index in [1.807, 2.05) is 17.8 Å². The second-order valence-electron chi connectivity index (χ2n) is 6.01. The molecular formula is C18H27IN6S. The molecule has 2 N–H and O–H groups in total. The van der Waals surface area contributed by atoms with Crippen molar-refractivity contribution in [3.63, 3.8) is 0 Å². The fourth-order valence-electron chi connectivity index (χ4n) is 2.91. The van der Waals surface area contributed by atoms with Crippen molar-refractivity contribution in [2.45, 2.75) is 43.7 Å². The molecule has 1 aromatic heterocycles. The van der Waals surface area contributed by atoms with Gasteiger partial charge in [0.1, 0.15) is 5.82 Å². The Hall–Kier alpha value is -1.29. The van der Waals surface area contributed by atoms with Crippen LogP contribution >= 0.6 is 35.7 Å². The molecule has 2 aromatic rings. The lowest BCUT2D eigenvalue weighted by Crippen LogP contribution is -2.38. The number of rotatable bonds is 6. The maximum Gasteiger partial charge on any atom is 0.191 e. The van der Waals surface area contributed by atoms with Gasteiger partial charge in [-0.3, -0.25) is 4.99 Å². The highest BCUT2D eigenvalue weighted by Crippen LogP contribution is 2.16. The molecule has 0 amide bonds. The number of aromatic nitrogens is 3. The molecule has 0 saturated carbocycles. The Bertz CT molecular complexity index is 688. The molecule has 0 aliphatic carbocycles. The van der Waals surface area contributed by atoms with Crippen molar-refractivity contribution < 1.29 is 0 Å². The lowest BCUT2D eigenvalue weighted by molar-refractivity contribution is 0.597. The van der Waals surface area contributed by atoms with E-state index in [1.165, 1.54) is 24.2 Å². The predicted molar refractivity (Wildman–Crippen MR) is 118 cm³/mol. The van der Waals surface area contributed by atoms with Crippen LogP contribution in [0.2, 0.25) is 0 Å². The van der Waals surface area contributed by atoms with Crippen LogP contribution in [-0.2, 0) is 19.5 Å². The van der Waals surface area contributed by atoms with Crippen molar-refractivity contribution in [3.8, 4) is 0 Å². The Morgan fingerprint density at radius 3 is 2.81 bits per heavy atom. The molecule has 0 fully saturated rings. The molecule has 0 unspecified atom stereocenters. The third kappa shape index (κ3) is 6.15. The van der Waals surface area contributed by atoms with Gasteiger partial charge in [0.25, 0.3) is 0 Å². The Labute approximate surface area is 176 Å². The Kier molecular flexibility index (Phi) is 9.24. The highest BCUT2D eigenvalue weighted by Gasteiger charge is 2.14. The minimum absolute atomic E-state index is 0. The number of hydrogen-bond acceptors (Lipinski definition) is 4. The number of thioether (sulfide) groups is 1. The van der Waals surface area contributed by atoms with Crippen LogP contribution in [0.5, 0.6) is 0 Å². The van der Waals surface area contributed by atoms with Crippen molar-refractivity contribution >= 4 is 41.7 Å². The van der Waals surface area contributed by atoms with Crippen molar-refractivity contribution in [2.24, 2.45) is 4.99 Å². The van der Waals surface area contributed by atoms with Gasteiger partial charge < -0.3 is 15.2 Å². The fraction of sp³-hybridized carbons (Fsp3) is 0.500. The zero-order valence-electron chi connectivity index (χ0n) is 15.1. The number of nitrogens with zero attached hydrogens (tertiary/aromatic N) is 4. The van der Waals surface area contributed by atoms with Gasteiger partial charge in [0.15, 0.2) is 11.8 Å². The van der Waals surface area contributed by atoms with Crippen LogP contribution in [0.25, 0.3) is 0 Å². The van der Waals surface area contributed by atoms with E-state index < -0.39 is 0 Å². The normalized spacial score (nSPS) is 14.1. The zero-order valence-corrected chi connectivity index (χ0v) is 18.3. The van der Waals surface area contributed by atoms with Gasteiger partial charge in [-0.1, -0.05) is 24.6 Å².